The number of hydrogen-bond donors (Lipinski definition) is 2. The Bertz CT molecular complexity index is 348. The van der Waals surface area contributed by atoms with Crippen molar-refractivity contribution in [3.63, 3.8) is 0 Å². The summed E-state index contributed by atoms with van der Waals surface area (Å²) in [5.74, 6) is 0.629. The van der Waals surface area contributed by atoms with E-state index < -0.39 is 0 Å². The minimum Gasteiger partial charge on any atom is -0.396 e. The maximum absolute atomic E-state index is 8.96. The van der Waals surface area contributed by atoms with E-state index in [4.69, 9.17) is 9.84 Å². The van der Waals surface area contributed by atoms with E-state index in [1.54, 1.807) is 7.11 Å². The van der Waals surface area contributed by atoms with Gasteiger partial charge in [0.15, 0.2) is 0 Å². The maximum Gasteiger partial charge on any atom is 0.0616 e. The Hall–Kier alpha value is -0.900. The predicted octanol–water partition coefficient (Wildman–Crippen LogP) is 1.31. The molecule has 1 aromatic carbocycles. The fourth-order valence-electron chi connectivity index (χ4n) is 2.46. The molecule has 3 heteroatoms. The van der Waals surface area contributed by atoms with Gasteiger partial charge >= 0.3 is 0 Å². The second-order valence-corrected chi connectivity index (χ2v) is 4.67. The molecule has 0 fully saturated rings. The van der Waals surface area contributed by atoms with Crippen LogP contribution in [0, 0.1) is 0 Å². The van der Waals surface area contributed by atoms with E-state index in [1.165, 1.54) is 17.5 Å². The molecule has 0 saturated heterocycles. The van der Waals surface area contributed by atoms with Gasteiger partial charge in [0.05, 0.1) is 6.61 Å². The summed E-state index contributed by atoms with van der Waals surface area (Å²) in [4.78, 5) is 0. The summed E-state index contributed by atoms with van der Waals surface area (Å²) in [6, 6.07) is 8.87. The summed E-state index contributed by atoms with van der Waals surface area (Å²) < 4.78 is 5.14. The van der Waals surface area contributed by atoms with Gasteiger partial charge in [-0.2, -0.15) is 0 Å². The number of ether oxygens (including phenoxy) is 1. The Balaban J connectivity index is 1.79. The van der Waals surface area contributed by atoms with Crippen LogP contribution in [0.5, 0.6) is 0 Å². The lowest BCUT2D eigenvalue weighted by Gasteiger charge is -2.31. The molecule has 2 rings (SSSR count). The normalized spacial score (nSPS) is 19.5. The first-order valence-corrected chi connectivity index (χ1v) is 6.26. The van der Waals surface area contributed by atoms with Gasteiger partial charge in [-0.05, 0) is 24.0 Å². The van der Waals surface area contributed by atoms with Gasteiger partial charge in [-0.3, -0.25) is 0 Å². The Morgan fingerprint density at radius 2 is 2.29 bits per heavy atom. The van der Waals surface area contributed by atoms with Crippen LogP contribution in [0.3, 0.4) is 0 Å². The number of hydrogen-bond acceptors (Lipinski definition) is 3. The number of fused-ring (bicyclic) bond motifs is 1. The van der Waals surface area contributed by atoms with Crippen LogP contribution in [0.15, 0.2) is 24.3 Å². The number of benzene rings is 1. The molecule has 0 radical (unpaired) electrons. The van der Waals surface area contributed by atoms with E-state index in [1.807, 2.05) is 0 Å². The number of nitrogens with one attached hydrogen (secondary N) is 1. The topological polar surface area (TPSA) is 41.5 Å². The van der Waals surface area contributed by atoms with Crippen molar-refractivity contribution in [2.45, 2.75) is 24.8 Å². The molecule has 0 saturated carbocycles. The maximum atomic E-state index is 8.96. The van der Waals surface area contributed by atoms with Crippen LogP contribution in [-0.2, 0) is 11.2 Å². The van der Waals surface area contributed by atoms with Gasteiger partial charge in [-0.1, -0.05) is 24.3 Å². The van der Waals surface area contributed by atoms with Crippen molar-refractivity contribution in [2.75, 3.05) is 26.9 Å². The van der Waals surface area contributed by atoms with Crippen LogP contribution in [0.1, 0.15) is 23.5 Å². The van der Waals surface area contributed by atoms with E-state index in [9.17, 15) is 0 Å². The quantitative estimate of drug-likeness (QED) is 0.749. The first kappa shape index (κ1) is 12.6. The highest BCUT2D eigenvalue weighted by molar-refractivity contribution is 5.40. The summed E-state index contributed by atoms with van der Waals surface area (Å²) >= 11 is 0. The first-order chi connectivity index (χ1) is 8.35. The first-order valence-electron chi connectivity index (χ1n) is 6.26. The molecule has 3 nitrogen and oxygen atoms in total. The Morgan fingerprint density at radius 1 is 1.47 bits per heavy atom. The molecule has 17 heavy (non-hydrogen) atoms. The summed E-state index contributed by atoms with van der Waals surface area (Å²) in [5, 5.41) is 12.4. The van der Waals surface area contributed by atoms with Gasteiger partial charge in [-0.15, -0.1) is 0 Å². The van der Waals surface area contributed by atoms with Crippen molar-refractivity contribution in [3.8, 4) is 0 Å². The summed E-state index contributed by atoms with van der Waals surface area (Å²) in [7, 11) is 1.70. The highest BCUT2D eigenvalue weighted by Gasteiger charge is 2.25. The second kappa shape index (κ2) is 6.15. The van der Waals surface area contributed by atoms with Crippen LogP contribution in [0.25, 0.3) is 0 Å². The van der Waals surface area contributed by atoms with Gasteiger partial charge in [0.1, 0.15) is 0 Å². The average molecular weight is 235 g/mol. The molecule has 1 aliphatic rings. The van der Waals surface area contributed by atoms with E-state index in [2.05, 4.69) is 29.6 Å². The molecule has 0 spiro atoms. The third-order valence-electron chi connectivity index (χ3n) is 3.46. The third-order valence-corrected chi connectivity index (χ3v) is 3.46. The van der Waals surface area contributed by atoms with E-state index in [0.717, 1.165) is 13.0 Å². The monoisotopic (exact) mass is 235 g/mol. The molecule has 94 valence electrons. The Kier molecular flexibility index (Phi) is 4.54. The van der Waals surface area contributed by atoms with Crippen molar-refractivity contribution >= 4 is 0 Å². The molecular weight excluding hydrogens is 214 g/mol. The predicted molar refractivity (Wildman–Crippen MR) is 68.3 cm³/mol. The molecule has 0 heterocycles. The van der Waals surface area contributed by atoms with Gasteiger partial charge in [-0.25, -0.2) is 0 Å². The number of aliphatic hydroxyl groups excluding tert-OH is 1. The summed E-state index contributed by atoms with van der Waals surface area (Å²) in [6.07, 6.45) is 1.92. The second-order valence-electron chi connectivity index (χ2n) is 4.67. The van der Waals surface area contributed by atoms with Crippen molar-refractivity contribution in [1.29, 1.82) is 0 Å². The van der Waals surface area contributed by atoms with E-state index in [0.29, 0.717) is 12.5 Å². The zero-order valence-corrected chi connectivity index (χ0v) is 10.4. The van der Waals surface area contributed by atoms with Crippen molar-refractivity contribution < 1.29 is 9.84 Å². The average Bonchev–Trinajstić information content (AvgIpc) is 2.31. The van der Waals surface area contributed by atoms with Crippen molar-refractivity contribution in [2.24, 2.45) is 0 Å². The van der Waals surface area contributed by atoms with Gasteiger partial charge in [0.2, 0.25) is 0 Å². The number of rotatable bonds is 7. The van der Waals surface area contributed by atoms with Gasteiger partial charge < -0.3 is 15.2 Å². The molecule has 0 amide bonds. The number of methoxy groups -OCH3 is 1. The molecular formula is C14H21NO2. The zero-order chi connectivity index (χ0) is 12.1. The highest BCUT2D eigenvalue weighted by atomic mass is 16.5. The molecule has 1 aliphatic carbocycles. The van der Waals surface area contributed by atoms with E-state index in [-0.39, 0.29) is 12.6 Å². The lowest BCUT2D eigenvalue weighted by atomic mass is 9.77. The molecule has 0 aliphatic heterocycles. The minimum absolute atomic E-state index is 0.211. The standard InChI is InChI=1S/C14H21NO2/c1-17-10-13(6-7-16)15-9-12-8-11-4-2-3-5-14(11)12/h2-5,12-13,15-16H,6-10H2,1H3. The van der Waals surface area contributed by atoms with Crippen LogP contribution < -0.4 is 5.32 Å². The Labute approximate surface area is 103 Å². The highest BCUT2D eigenvalue weighted by Crippen LogP contribution is 2.34. The summed E-state index contributed by atoms with van der Waals surface area (Å²) in [5.41, 5.74) is 2.95. The lowest BCUT2D eigenvalue weighted by Crippen LogP contribution is -2.39. The third kappa shape index (κ3) is 3.06. The largest absolute Gasteiger partial charge is 0.396 e. The molecule has 2 N–H and O–H groups in total. The molecule has 2 unspecified atom stereocenters. The van der Waals surface area contributed by atoms with Gasteiger partial charge in [0.25, 0.3) is 0 Å². The van der Waals surface area contributed by atoms with Crippen LogP contribution in [-0.4, -0.2) is 38.0 Å². The fraction of sp³-hybridized carbons (Fsp3) is 0.571. The smallest absolute Gasteiger partial charge is 0.0616 e. The molecule has 1 aromatic rings. The molecule has 2 atom stereocenters. The fourth-order valence-corrected chi connectivity index (χ4v) is 2.46. The summed E-state index contributed by atoms with van der Waals surface area (Å²) in [6.45, 7) is 1.85. The molecule has 0 aromatic heterocycles. The van der Waals surface area contributed by atoms with Crippen LogP contribution in [0.2, 0.25) is 0 Å². The van der Waals surface area contributed by atoms with Crippen molar-refractivity contribution in [1.82, 2.24) is 5.32 Å². The zero-order valence-electron chi connectivity index (χ0n) is 10.4. The SMILES string of the molecule is COCC(CCO)NCC1Cc2ccccc21. The number of aliphatic hydroxyl groups is 1. The minimum atomic E-state index is 0.211. The lowest BCUT2D eigenvalue weighted by molar-refractivity contribution is 0.147. The molecule has 0 bridgehead atoms. The van der Waals surface area contributed by atoms with Crippen LogP contribution >= 0.6 is 0 Å². The van der Waals surface area contributed by atoms with Crippen molar-refractivity contribution in [3.05, 3.63) is 35.4 Å². The Morgan fingerprint density at radius 3 is 3.00 bits per heavy atom. The van der Waals surface area contributed by atoms with Gasteiger partial charge in [0, 0.05) is 32.2 Å². The van der Waals surface area contributed by atoms with Crippen LogP contribution in [0.4, 0.5) is 0 Å². The van der Waals surface area contributed by atoms with E-state index >= 15 is 0 Å².